The molecule has 0 radical (unpaired) electrons. The van der Waals surface area contributed by atoms with Gasteiger partial charge in [0.1, 0.15) is 11.3 Å². The zero-order valence-electron chi connectivity index (χ0n) is 11.3. The molecule has 0 aliphatic heterocycles. The topological polar surface area (TPSA) is 37.2 Å². The summed E-state index contributed by atoms with van der Waals surface area (Å²) in [5.74, 6) is 0.989. The van der Waals surface area contributed by atoms with E-state index >= 15 is 0 Å². The van der Waals surface area contributed by atoms with Gasteiger partial charge < -0.3 is 15.1 Å². The van der Waals surface area contributed by atoms with Crippen molar-refractivity contribution in [2.24, 2.45) is 0 Å². The van der Waals surface area contributed by atoms with E-state index in [0.717, 1.165) is 53.8 Å². The molecule has 3 nitrogen and oxygen atoms in total. The van der Waals surface area contributed by atoms with Crippen LogP contribution < -0.4 is 10.6 Å². The second-order valence-corrected chi connectivity index (χ2v) is 5.51. The highest BCUT2D eigenvalue weighted by molar-refractivity contribution is 9.10. The highest BCUT2D eigenvalue weighted by atomic mass is 79.9. The van der Waals surface area contributed by atoms with Crippen LogP contribution in [0, 0.1) is 0 Å². The van der Waals surface area contributed by atoms with Gasteiger partial charge in [0.05, 0.1) is 11.0 Å². The molecule has 0 spiro atoms. The summed E-state index contributed by atoms with van der Waals surface area (Å²) >= 11 is 3.50. The van der Waals surface area contributed by atoms with Crippen molar-refractivity contribution in [2.75, 3.05) is 19.6 Å². The van der Waals surface area contributed by atoms with Gasteiger partial charge in [0, 0.05) is 5.39 Å². The first-order valence-corrected chi connectivity index (χ1v) is 7.69. The fourth-order valence-corrected chi connectivity index (χ4v) is 2.48. The largest absolute Gasteiger partial charge is 0.459 e. The standard InChI is InChI=1S/C15H21BrN2O/c1-2-7-17-8-4-9-18-11-13-10-12-5-3-6-14(16)15(12)19-13/h3,5-6,10,17-18H,2,4,7-9,11H2,1H3. The molecule has 104 valence electrons. The zero-order valence-corrected chi connectivity index (χ0v) is 12.9. The molecule has 4 heteroatoms. The Morgan fingerprint density at radius 3 is 2.79 bits per heavy atom. The third kappa shape index (κ3) is 4.34. The summed E-state index contributed by atoms with van der Waals surface area (Å²) in [5, 5.41) is 7.95. The van der Waals surface area contributed by atoms with Crippen LogP contribution in [0.2, 0.25) is 0 Å². The Kier molecular flexibility index (Phi) is 5.89. The first-order chi connectivity index (χ1) is 9.31. The first-order valence-electron chi connectivity index (χ1n) is 6.89. The van der Waals surface area contributed by atoms with Crippen molar-refractivity contribution < 1.29 is 4.42 Å². The molecule has 1 aromatic carbocycles. The number of nitrogens with one attached hydrogen (secondary N) is 2. The summed E-state index contributed by atoms with van der Waals surface area (Å²) in [6.07, 6.45) is 2.34. The van der Waals surface area contributed by atoms with Gasteiger partial charge in [-0.25, -0.2) is 0 Å². The average Bonchev–Trinajstić information content (AvgIpc) is 2.82. The molecule has 0 unspecified atom stereocenters. The lowest BCUT2D eigenvalue weighted by atomic mass is 10.2. The Balaban J connectivity index is 1.74. The smallest absolute Gasteiger partial charge is 0.148 e. The number of para-hydroxylation sites is 1. The van der Waals surface area contributed by atoms with Crippen molar-refractivity contribution in [3.8, 4) is 0 Å². The van der Waals surface area contributed by atoms with E-state index in [1.807, 2.05) is 12.1 Å². The fraction of sp³-hybridized carbons (Fsp3) is 0.467. The fourth-order valence-electron chi connectivity index (χ4n) is 2.02. The minimum atomic E-state index is 0.787. The van der Waals surface area contributed by atoms with Gasteiger partial charge in [-0.3, -0.25) is 0 Å². The summed E-state index contributed by atoms with van der Waals surface area (Å²) in [4.78, 5) is 0. The molecule has 0 aliphatic rings. The summed E-state index contributed by atoms with van der Waals surface area (Å²) in [6, 6.07) is 8.20. The second-order valence-electron chi connectivity index (χ2n) is 4.65. The van der Waals surface area contributed by atoms with Crippen molar-refractivity contribution in [3.05, 3.63) is 34.5 Å². The lowest BCUT2D eigenvalue weighted by Gasteiger charge is -2.03. The molecule has 0 atom stereocenters. The highest BCUT2D eigenvalue weighted by Crippen LogP contribution is 2.26. The van der Waals surface area contributed by atoms with Gasteiger partial charge in [-0.2, -0.15) is 0 Å². The van der Waals surface area contributed by atoms with Crippen LogP contribution in [0.25, 0.3) is 11.0 Å². The number of rotatable bonds is 8. The third-order valence-electron chi connectivity index (χ3n) is 2.98. The number of benzene rings is 1. The van der Waals surface area contributed by atoms with Crippen molar-refractivity contribution in [1.29, 1.82) is 0 Å². The maximum atomic E-state index is 5.82. The van der Waals surface area contributed by atoms with Crippen LogP contribution in [0.1, 0.15) is 25.5 Å². The SMILES string of the molecule is CCCNCCCNCc1cc2cccc(Br)c2o1. The van der Waals surface area contributed by atoms with Crippen LogP contribution in [0.15, 0.2) is 33.2 Å². The molecule has 0 fully saturated rings. The van der Waals surface area contributed by atoms with Crippen LogP contribution >= 0.6 is 15.9 Å². The van der Waals surface area contributed by atoms with Crippen LogP contribution in [-0.4, -0.2) is 19.6 Å². The van der Waals surface area contributed by atoms with Crippen LogP contribution in [-0.2, 0) is 6.54 Å². The summed E-state index contributed by atoms with van der Waals surface area (Å²) in [7, 11) is 0. The maximum absolute atomic E-state index is 5.82. The Hall–Kier alpha value is -0.840. The van der Waals surface area contributed by atoms with Crippen molar-refractivity contribution >= 4 is 26.9 Å². The van der Waals surface area contributed by atoms with E-state index in [2.05, 4.69) is 45.6 Å². The molecule has 0 saturated carbocycles. The maximum Gasteiger partial charge on any atom is 0.148 e. The Morgan fingerprint density at radius 2 is 2.00 bits per heavy atom. The summed E-state index contributed by atoms with van der Waals surface area (Å²) in [5.41, 5.74) is 0.934. The zero-order chi connectivity index (χ0) is 13.5. The number of halogens is 1. The van der Waals surface area contributed by atoms with Gasteiger partial charge >= 0.3 is 0 Å². The number of hydrogen-bond acceptors (Lipinski definition) is 3. The lowest BCUT2D eigenvalue weighted by Crippen LogP contribution is -2.22. The molecule has 0 aliphatic carbocycles. The Bertz CT molecular complexity index is 510. The van der Waals surface area contributed by atoms with Crippen LogP contribution in [0.3, 0.4) is 0 Å². The second kappa shape index (κ2) is 7.68. The molecule has 1 aromatic heterocycles. The van der Waals surface area contributed by atoms with Gasteiger partial charge in [0.2, 0.25) is 0 Å². The van der Waals surface area contributed by atoms with Gasteiger partial charge in [0.15, 0.2) is 0 Å². The van der Waals surface area contributed by atoms with E-state index in [9.17, 15) is 0 Å². The van der Waals surface area contributed by atoms with Crippen molar-refractivity contribution in [1.82, 2.24) is 10.6 Å². The molecule has 0 saturated heterocycles. The molecular weight excluding hydrogens is 304 g/mol. The van der Waals surface area contributed by atoms with E-state index in [4.69, 9.17) is 4.42 Å². The van der Waals surface area contributed by atoms with Crippen LogP contribution in [0.5, 0.6) is 0 Å². The van der Waals surface area contributed by atoms with E-state index < -0.39 is 0 Å². The third-order valence-corrected chi connectivity index (χ3v) is 3.60. The lowest BCUT2D eigenvalue weighted by molar-refractivity contribution is 0.504. The number of furan rings is 1. The Morgan fingerprint density at radius 1 is 1.16 bits per heavy atom. The monoisotopic (exact) mass is 324 g/mol. The minimum Gasteiger partial charge on any atom is -0.459 e. The van der Waals surface area contributed by atoms with Gasteiger partial charge in [0.25, 0.3) is 0 Å². The highest BCUT2D eigenvalue weighted by Gasteiger charge is 2.05. The normalized spacial score (nSPS) is 11.3. The molecule has 1 heterocycles. The predicted molar refractivity (Wildman–Crippen MR) is 83.4 cm³/mol. The summed E-state index contributed by atoms with van der Waals surface area (Å²) in [6.45, 7) is 6.17. The van der Waals surface area contributed by atoms with E-state index in [1.54, 1.807) is 0 Å². The number of fused-ring (bicyclic) bond motifs is 1. The molecule has 0 bridgehead atoms. The van der Waals surface area contributed by atoms with Crippen LogP contribution in [0.4, 0.5) is 0 Å². The predicted octanol–water partition coefficient (Wildman–Crippen LogP) is 3.67. The van der Waals surface area contributed by atoms with Gasteiger partial charge in [-0.15, -0.1) is 0 Å². The molecular formula is C15H21BrN2O. The molecule has 0 amide bonds. The van der Waals surface area contributed by atoms with Gasteiger partial charge in [-0.1, -0.05) is 19.1 Å². The van der Waals surface area contributed by atoms with Crippen molar-refractivity contribution in [2.45, 2.75) is 26.3 Å². The van der Waals surface area contributed by atoms with Crippen molar-refractivity contribution in [3.63, 3.8) is 0 Å². The van der Waals surface area contributed by atoms with Gasteiger partial charge in [-0.05, 0) is 60.5 Å². The number of hydrogen-bond donors (Lipinski definition) is 2. The van der Waals surface area contributed by atoms with E-state index in [1.165, 1.54) is 6.42 Å². The quantitative estimate of drug-likeness (QED) is 0.727. The Labute approximate surface area is 122 Å². The van der Waals surface area contributed by atoms with E-state index in [0.29, 0.717) is 0 Å². The molecule has 2 N–H and O–H groups in total. The molecule has 2 rings (SSSR count). The molecule has 19 heavy (non-hydrogen) atoms. The minimum absolute atomic E-state index is 0.787. The first kappa shape index (κ1) is 14.6. The summed E-state index contributed by atoms with van der Waals surface area (Å²) < 4.78 is 6.83. The average molecular weight is 325 g/mol. The van der Waals surface area contributed by atoms with E-state index in [-0.39, 0.29) is 0 Å². The molecule has 2 aromatic rings.